The van der Waals surface area contributed by atoms with Gasteiger partial charge in [0, 0.05) is 36.8 Å². The molecule has 0 spiro atoms. The molecular formula is C19H27ClN4O. The average Bonchev–Trinajstić information content (AvgIpc) is 2.99. The number of rotatable bonds is 5. The van der Waals surface area contributed by atoms with Gasteiger partial charge in [0.1, 0.15) is 0 Å². The number of benzene rings is 1. The fourth-order valence-corrected chi connectivity index (χ4v) is 3.15. The number of carbonyl (C=O) groups excluding carboxylic acids is 1. The Morgan fingerprint density at radius 2 is 1.96 bits per heavy atom. The molecule has 1 aromatic heterocycles. The molecule has 3 N–H and O–H groups in total. The van der Waals surface area contributed by atoms with Gasteiger partial charge in [-0.1, -0.05) is 38.1 Å². The van der Waals surface area contributed by atoms with E-state index in [0.717, 1.165) is 30.6 Å². The third-order valence-electron chi connectivity index (χ3n) is 4.59. The lowest BCUT2D eigenvalue weighted by molar-refractivity contribution is 0.0934. The summed E-state index contributed by atoms with van der Waals surface area (Å²) in [6, 6.07) is 8.71. The van der Waals surface area contributed by atoms with Crippen LogP contribution in [0.3, 0.4) is 0 Å². The van der Waals surface area contributed by atoms with Crippen molar-refractivity contribution in [1.82, 2.24) is 20.8 Å². The Morgan fingerprint density at radius 3 is 2.64 bits per heavy atom. The lowest BCUT2D eigenvalue weighted by Crippen LogP contribution is -2.35. The number of hydrogen-bond donors (Lipinski definition) is 3. The number of nitrogens with one attached hydrogen (secondary N) is 3. The molecular weight excluding hydrogens is 336 g/mol. The van der Waals surface area contributed by atoms with Gasteiger partial charge >= 0.3 is 0 Å². The summed E-state index contributed by atoms with van der Waals surface area (Å²) in [5.74, 6) is 0.443. The van der Waals surface area contributed by atoms with E-state index in [2.05, 4.69) is 58.9 Å². The maximum Gasteiger partial charge on any atom is 0.272 e. The monoisotopic (exact) mass is 362 g/mol. The standard InChI is InChI=1S/C19H26N4O.ClH/c1-12(2)15-6-4-14(5-7-15)10-13(3)21-19(24)18-16-11-20-9-8-17(16)22-23-18;/h4-7,12-13,20H,8-11H2,1-3H3,(H,21,24)(H,22,23);1H. The molecule has 1 aliphatic heterocycles. The van der Waals surface area contributed by atoms with E-state index >= 15 is 0 Å². The van der Waals surface area contributed by atoms with Crippen LogP contribution in [-0.4, -0.2) is 28.7 Å². The molecule has 0 aliphatic carbocycles. The van der Waals surface area contributed by atoms with Crippen molar-refractivity contribution in [1.29, 1.82) is 0 Å². The Balaban J connectivity index is 0.00000225. The Morgan fingerprint density at radius 1 is 1.24 bits per heavy atom. The van der Waals surface area contributed by atoms with Gasteiger partial charge in [0.15, 0.2) is 5.69 Å². The number of halogens is 1. The molecule has 25 heavy (non-hydrogen) atoms. The lowest BCUT2D eigenvalue weighted by atomic mass is 9.99. The molecule has 0 saturated heterocycles. The molecule has 0 saturated carbocycles. The summed E-state index contributed by atoms with van der Waals surface area (Å²) in [4.78, 5) is 12.5. The molecule has 2 aromatic rings. The summed E-state index contributed by atoms with van der Waals surface area (Å²) in [5.41, 5.74) is 5.19. The Bertz CT molecular complexity index is 709. The number of fused-ring (bicyclic) bond motifs is 1. The first-order valence-electron chi connectivity index (χ1n) is 8.71. The molecule has 2 heterocycles. The van der Waals surface area contributed by atoms with Gasteiger partial charge in [0.2, 0.25) is 0 Å². The third-order valence-corrected chi connectivity index (χ3v) is 4.59. The van der Waals surface area contributed by atoms with Crippen molar-refractivity contribution in [2.24, 2.45) is 0 Å². The second kappa shape index (κ2) is 8.50. The van der Waals surface area contributed by atoms with Crippen LogP contribution in [0.4, 0.5) is 0 Å². The highest BCUT2D eigenvalue weighted by Gasteiger charge is 2.22. The molecule has 0 radical (unpaired) electrons. The van der Waals surface area contributed by atoms with E-state index in [0.29, 0.717) is 18.2 Å². The summed E-state index contributed by atoms with van der Waals surface area (Å²) in [6.07, 6.45) is 1.71. The zero-order valence-electron chi connectivity index (χ0n) is 15.1. The van der Waals surface area contributed by atoms with Gasteiger partial charge in [0.25, 0.3) is 5.91 Å². The maximum absolute atomic E-state index is 12.5. The lowest BCUT2D eigenvalue weighted by Gasteiger charge is -2.16. The number of hydrogen-bond acceptors (Lipinski definition) is 3. The van der Waals surface area contributed by atoms with Crippen molar-refractivity contribution in [2.45, 2.75) is 52.1 Å². The van der Waals surface area contributed by atoms with Gasteiger partial charge in [-0.25, -0.2) is 0 Å². The van der Waals surface area contributed by atoms with Crippen molar-refractivity contribution in [3.63, 3.8) is 0 Å². The molecule has 1 unspecified atom stereocenters. The summed E-state index contributed by atoms with van der Waals surface area (Å²) < 4.78 is 0. The number of nitrogens with zero attached hydrogens (tertiary/aromatic N) is 1. The van der Waals surface area contributed by atoms with Crippen molar-refractivity contribution >= 4 is 18.3 Å². The minimum absolute atomic E-state index is 0. The van der Waals surface area contributed by atoms with Gasteiger partial charge < -0.3 is 10.6 Å². The number of H-pyrrole nitrogens is 1. The molecule has 0 fully saturated rings. The van der Waals surface area contributed by atoms with E-state index in [9.17, 15) is 4.79 Å². The molecule has 6 heteroatoms. The fourth-order valence-electron chi connectivity index (χ4n) is 3.15. The highest BCUT2D eigenvalue weighted by atomic mass is 35.5. The second-order valence-corrected chi connectivity index (χ2v) is 6.93. The van der Waals surface area contributed by atoms with Crippen LogP contribution in [0.25, 0.3) is 0 Å². The number of carbonyl (C=O) groups is 1. The minimum atomic E-state index is -0.0949. The topological polar surface area (TPSA) is 69.8 Å². The molecule has 1 amide bonds. The highest BCUT2D eigenvalue weighted by Crippen LogP contribution is 2.17. The van der Waals surface area contributed by atoms with Gasteiger partial charge in [-0.05, 0) is 30.4 Å². The largest absolute Gasteiger partial charge is 0.348 e. The van der Waals surface area contributed by atoms with Crippen LogP contribution in [0.2, 0.25) is 0 Å². The summed E-state index contributed by atoms with van der Waals surface area (Å²) in [7, 11) is 0. The highest BCUT2D eigenvalue weighted by molar-refractivity contribution is 5.94. The minimum Gasteiger partial charge on any atom is -0.348 e. The van der Waals surface area contributed by atoms with Gasteiger partial charge in [0.05, 0.1) is 0 Å². The van der Waals surface area contributed by atoms with E-state index in [1.54, 1.807) is 0 Å². The van der Waals surface area contributed by atoms with E-state index in [-0.39, 0.29) is 24.4 Å². The predicted octanol–water partition coefficient (Wildman–Crippen LogP) is 2.96. The van der Waals surface area contributed by atoms with E-state index in [1.165, 1.54) is 11.1 Å². The third kappa shape index (κ3) is 4.61. The van der Waals surface area contributed by atoms with Crippen molar-refractivity contribution in [3.05, 3.63) is 52.3 Å². The van der Waals surface area contributed by atoms with Crippen LogP contribution in [-0.2, 0) is 19.4 Å². The summed E-state index contributed by atoms with van der Waals surface area (Å²) in [6.45, 7) is 8.05. The van der Waals surface area contributed by atoms with Crippen LogP contribution in [0.15, 0.2) is 24.3 Å². The molecule has 136 valence electrons. The molecule has 0 bridgehead atoms. The maximum atomic E-state index is 12.5. The Labute approximate surface area is 155 Å². The first kappa shape index (κ1) is 19.5. The molecule has 1 aromatic carbocycles. The normalized spacial score (nSPS) is 14.6. The summed E-state index contributed by atoms with van der Waals surface area (Å²) >= 11 is 0. The average molecular weight is 363 g/mol. The van der Waals surface area contributed by atoms with Crippen LogP contribution in [0.1, 0.15) is 59.6 Å². The zero-order valence-corrected chi connectivity index (χ0v) is 15.9. The smallest absolute Gasteiger partial charge is 0.272 e. The number of amides is 1. The zero-order chi connectivity index (χ0) is 17.1. The number of aromatic nitrogens is 2. The molecule has 1 aliphatic rings. The SMILES string of the molecule is CC(Cc1ccc(C(C)C)cc1)NC(=O)c1n[nH]c2c1CNCC2.Cl. The fraction of sp³-hybridized carbons (Fsp3) is 0.474. The van der Waals surface area contributed by atoms with Crippen molar-refractivity contribution < 1.29 is 4.79 Å². The predicted molar refractivity (Wildman–Crippen MR) is 102 cm³/mol. The van der Waals surface area contributed by atoms with Crippen LogP contribution in [0.5, 0.6) is 0 Å². The first-order valence-corrected chi connectivity index (χ1v) is 8.71. The van der Waals surface area contributed by atoms with E-state index < -0.39 is 0 Å². The Kier molecular flexibility index (Phi) is 6.62. The first-order chi connectivity index (χ1) is 11.5. The van der Waals surface area contributed by atoms with E-state index in [4.69, 9.17) is 0 Å². The van der Waals surface area contributed by atoms with E-state index in [1.807, 2.05) is 6.92 Å². The van der Waals surface area contributed by atoms with Crippen molar-refractivity contribution in [2.75, 3.05) is 6.54 Å². The van der Waals surface area contributed by atoms with Crippen LogP contribution in [0, 0.1) is 0 Å². The van der Waals surface area contributed by atoms with Gasteiger partial charge in [-0.15, -0.1) is 12.4 Å². The van der Waals surface area contributed by atoms with Gasteiger partial charge in [-0.2, -0.15) is 5.10 Å². The van der Waals surface area contributed by atoms with Crippen LogP contribution >= 0.6 is 12.4 Å². The second-order valence-electron chi connectivity index (χ2n) is 6.93. The van der Waals surface area contributed by atoms with Crippen molar-refractivity contribution in [3.8, 4) is 0 Å². The Hall–Kier alpha value is -1.85. The van der Waals surface area contributed by atoms with Gasteiger partial charge in [-0.3, -0.25) is 9.89 Å². The molecule has 5 nitrogen and oxygen atoms in total. The molecule has 1 atom stereocenters. The summed E-state index contributed by atoms with van der Waals surface area (Å²) in [5, 5.41) is 13.6. The molecule has 3 rings (SSSR count). The quantitative estimate of drug-likeness (QED) is 0.765. The number of aromatic amines is 1. The van der Waals surface area contributed by atoms with Crippen LogP contribution < -0.4 is 10.6 Å².